The lowest BCUT2D eigenvalue weighted by molar-refractivity contribution is -0.119. The summed E-state index contributed by atoms with van der Waals surface area (Å²) in [5.74, 6) is 0.772. The van der Waals surface area contributed by atoms with E-state index in [1.165, 1.54) is 0 Å². The molecular formula is C18H30N2O4. The third-order valence-corrected chi connectivity index (χ3v) is 4.30. The maximum Gasteiger partial charge on any atom is 0.253 e. The Labute approximate surface area is 144 Å². The van der Waals surface area contributed by atoms with Crippen LogP contribution < -0.4 is 5.32 Å². The molecule has 24 heavy (non-hydrogen) atoms. The average molecular weight is 338 g/mol. The molecule has 2 aliphatic rings. The highest BCUT2D eigenvalue weighted by molar-refractivity contribution is 5.94. The summed E-state index contributed by atoms with van der Waals surface area (Å²) in [5, 5.41) is 13.5. The van der Waals surface area contributed by atoms with Crippen LogP contribution in [0.1, 0.15) is 47.5 Å². The van der Waals surface area contributed by atoms with Gasteiger partial charge in [-0.3, -0.25) is 4.79 Å². The molecule has 2 rings (SSSR count). The number of hydrogen-bond donors (Lipinski definition) is 2. The molecule has 0 aromatic heterocycles. The van der Waals surface area contributed by atoms with E-state index in [2.05, 4.69) is 25.7 Å². The lowest BCUT2D eigenvalue weighted by Gasteiger charge is -2.34. The van der Waals surface area contributed by atoms with Crippen LogP contribution in [0.5, 0.6) is 0 Å². The van der Waals surface area contributed by atoms with Crippen molar-refractivity contribution < 1.29 is 19.4 Å². The minimum Gasteiger partial charge on any atom is -0.386 e. The summed E-state index contributed by atoms with van der Waals surface area (Å²) in [6, 6.07) is 0. The summed E-state index contributed by atoms with van der Waals surface area (Å²) in [6.07, 6.45) is 1.46. The van der Waals surface area contributed by atoms with Gasteiger partial charge in [-0.15, -0.1) is 0 Å². The molecule has 1 amide bonds. The normalized spacial score (nSPS) is 31.0. The van der Waals surface area contributed by atoms with Crippen LogP contribution in [0.15, 0.2) is 24.2 Å². The first kappa shape index (κ1) is 19.0. The Morgan fingerprint density at radius 1 is 1.42 bits per heavy atom. The van der Waals surface area contributed by atoms with Crippen LogP contribution in [0.2, 0.25) is 0 Å². The van der Waals surface area contributed by atoms with Gasteiger partial charge < -0.3 is 24.8 Å². The van der Waals surface area contributed by atoms with Crippen LogP contribution in [0, 0.1) is 5.92 Å². The van der Waals surface area contributed by atoms with Crippen molar-refractivity contribution in [2.75, 3.05) is 0 Å². The highest BCUT2D eigenvalue weighted by atomic mass is 16.6. The Kier molecular flexibility index (Phi) is 6.06. The minimum atomic E-state index is -0.819. The quantitative estimate of drug-likeness (QED) is 0.776. The molecule has 0 radical (unpaired) electrons. The number of aliphatic hydroxyl groups excluding tert-OH is 1. The van der Waals surface area contributed by atoms with Crippen molar-refractivity contribution in [3.05, 3.63) is 24.2 Å². The summed E-state index contributed by atoms with van der Waals surface area (Å²) in [4.78, 5) is 13.4. The molecule has 2 N–H and O–H groups in total. The predicted octanol–water partition coefficient (Wildman–Crippen LogP) is 2.11. The summed E-state index contributed by atoms with van der Waals surface area (Å²) in [5.41, 5.74) is 0.546. The molecule has 0 aliphatic carbocycles. The SMILES string of the molecule is C=C1NC(=O)C(C)=CN1[C@@H]1O[C@H](CCC(C)C)C(OC(C)C)[C@@H]1O. The van der Waals surface area contributed by atoms with Crippen molar-refractivity contribution in [2.45, 2.75) is 78.1 Å². The van der Waals surface area contributed by atoms with E-state index in [-0.39, 0.29) is 18.1 Å². The predicted molar refractivity (Wildman–Crippen MR) is 91.6 cm³/mol. The molecule has 2 heterocycles. The number of rotatable bonds is 6. The van der Waals surface area contributed by atoms with E-state index >= 15 is 0 Å². The number of hydrogen-bond acceptors (Lipinski definition) is 5. The van der Waals surface area contributed by atoms with Crippen LogP contribution in [0.4, 0.5) is 0 Å². The van der Waals surface area contributed by atoms with Gasteiger partial charge >= 0.3 is 0 Å². The van der Waals surface area contributed by atoms with Crippen LogP contribution in [0.3, 0.4) is 0 Å². The fraction of sp³-hybridized carbons (Fsp3) is 0.722. The second kappa shape index (κ2) is 7.68. The molecule has 4 atom stereocenters. The van der Waals surface area contributed by atoms with Gasteiger partial charge in [0.05, 0.1) is 12.2 Å². The number of ether oxygens (including phenoxy) is 2. The molecule has 136 valence electrons. The Morgan fingerprint density at radius 2 is 2.08 bits per heavy atom. The van der Waals surface area contributed by atoms with E-state index in [0.29, 0.717) is 17.3 Å². The first-order chi connectivity index (χ1) is 11.2. The fourth-order valence-corrected chi connectivity index (χ4v) is 3.03. The van der Waals surface area contributed by atoms with Crippen LogP contribution in [-0.2, 0) is 14.3 Å². The second-order valence-corrected chi connectivity index (χ2v) is 7.30. The zero-order valence-electron chi connectivity index (χ0n) is 15.3. The zero-order valence-corrected chi connectivity index (χ0v) is 15.3. The van der Waals surface area contributed by atoms with Gasteiger partial charge in [0.15, 0.2) is 6.23 Å². The number of nitrogens with zero attached hydrogens (tertiary/aromatic N) is 1. The zero-order chi connectivity index (χ0) is 18.0. The van der Waals surface area contributed by atoms with Gasteiger partial charge in [0.2, 0.25) is 0 Å². The Balaban J connectivity index is 2.18. The number of carbonyl (C=O) groups excluding carboxylic acids is 1. The Hall–Kier alpha value is -1.37. The van der Waals surface area contributed by atoms with Crippen molar-refractivity contribution in [1.29, 1.82) is 0 Å². The number of amides is 1. The first-order valence-electron chi connectivity index (χ1n) is 8.66. The molecule has 1 unspecified atom stereocenters. The maximum atomic E-state index is 11.7. The van der Waals surface area contributed by atoms with Crippen molar-refractivity contribution in [2.24, 2.45) is 5.92 Å². The van der Waals surface area contributed by atoms with Crippen molar-refractivity contribution in [3.8, 4) is 0 Å². The standard InChI is InChI=1S/C18H30N2O4/c1-10(2)7-8-14-16(23-11(3)4)15(21)18(24-14)20-9-12(5)17(22)19-13(20)6/h9-11,14-16,18,21H,6-8H2,1-5H3,(H,19,22)/t14-,15+,16?,18-/m1/s1. The summed E-state index contributed by atoms with van der Waals surface area (Å²) in [7, 11) is 0. The lowest BCUT2D eigenvalue weighted by Crippen LogP contribution is -2.48. The average Bonchev–Trinajstić information content (AvgIpc) is 2.77. The van der Waals surface area contributed by atoms with Gasteiger partial charge in [-0.1, -0.05) is 20.4 Å². The van der Waals surface area contributed by atoms with Crippen LogP contribution in [-0.4, -0.2) is 46.6 Å². The second-order valence-electron chi connectivity index (χ2n) is 7.30. The van der Waals surface area contributed by atoms with Gasteiger partial charge in [-0.2, -0.15) is 0 Å². The highest BCUT2D eigenvalue weighted by Crippen LogP contribution is 2.33. The third kappa shape index (κ3) is 4.18. The lowest BCUT2D eigenvalue weighted by atomic mass is 10.00. The molecule has 0 spiro atoms. The molecule has 0 aromatic carbocycles. The molecular weight excluding hydrogens is 308 g/mol. The first-order valence-corrected chi connectivity index (χ1v) is 8.66. The minimum absolute atomic E-state index is 0.00455. The highest BCUT2D eigenvalue weighted by Gasteiger charge is 2.47. The molecule has 0 bridgehead atoms. The largest absolute Gasteiger partial charge is 0.386 e. The van der Waals surface area contributed by atoms with E-state index in [1.54, 1.807) is 18.0 Å². The van der Waals surface area contributed by atoms with Gasteiger partial charge in [0.1, 0.15) is 18.0 Å². The number of aliphatic hydroxyl groups is 1. The Morgan fingerprint density at radius 3 is 2.67 bits per heavy atom. The molecule has 1 fully saturated rings. The smallest absolute Gasteiger partial charge is 0.253 e. The van der Waals surface area contributed by atoms with Gasteiger partial charge in [-0.05, 0) is 39.5 Å². The van der Waals surface area contributed by atoms with Gasteiger partial charge in [0.25, 0.3) is 5.91 Å². The van der Waals surface area contributed by atoms with Gasteiger partial charge in [-0.25, -0.2) is 0 Å². The van der Waals surface area contributed by atoms with E-state index in [1.807, 2.05) is 13.8 Å². The molecule has 0 saturated carbocycles. The molecule has 0 aromatic rings. The number of nitrogens with one attached hydrogen (secondary N) is 1. The summed E-state index contributed by atoms with van der Waals surface area (Å²) in [6.45, 7) is 13.8. The summed E-state index contributed by atoms with van der Waals surface area (Å²) < 4.78 is 12.1. The third-order valence-electron chi connectivity index (χ3n) is 4.30. The van der Waals surface area contributed by atoms with Crippen LogP contribution in [0.25, 0.3) is 0 Å². The molecule has 2 aliphatic heterocycles. The van der Waals surface area contributed by atoms with Crippen molar-refractivity contribution >= 4 is 5.91 Å². The van der Waals surface area contributed by atoms with E-state index in [9.17, 15) is 9.90 Å². The number of carbonyl (C=O) groups is 1. The molecule has 6 nitrogen and oxygen atoms in total. The van der Waals surface area contributed by atoms with Crippen molar-refractivity contribution in [3.63, 3.8) is 0 Å². The van der Waals surface area contributed by atoms with E-state index < -0.39 is 18.4 Å². The van der Waals surface area contributed by atoms with Crippen molar-refractivity contribution in [1.82, 2.24) is 10.2 Å². The van der Waals surface area contributed by atoms with Crippen LogP contribution >= 0.6 is 0 Å². The Bertz CT molecular complexity index is 515. The maximum absolute atomic E-state index is 11.7. The summed E-state index contributed by atoms with van der Waals surface area (Å²) >= 11 is 0. The van der Waals surface area contributed by atoms with E-state index in [0.717, 1.165) is 12.8 Å². The topological polar surface area (TPSA) is 71.0 Å². The fourth-order valence-electron chi connectivity index (χ4n) is 3.03. The van der Waals surface area contributed by atoms with Gasteiger partial charge in [0, 0.05) is 11.8 Å². The molecule has 1 saturated heterocycles. The van der Waals surface area contributed by atoms with E-state index in [4.69, 9.17) is 9.47 Å². The molecule has 6 heteroatoms. The monoisotopic (exact) mass is 338 g/mol.